The predicted octanol–water partition coefficient (Wildman–Crippen LogP) is 4.61. The summed E-state index contributed by atoms with van der Waals surface area (Å²) in [4.78, 5) is 4.60. The lowest BCUT2D eigenvalue weighted by Crippen LogP contribution is -2.11. The van der Waals surface area contributed by atoms with Crippen LogP contribution in [0.2, 0.25) is 0 Å². The van der Waals surface area contributed by atoms with Crippen molar-refractivity contribution in [3.05, 3.63) is 60.2 Å². The molecule has 0 saturated heterocycles. The lowest BCUT2D eigenvalue weighted by atomic mass is 10.0. The predicted molar refractivity (Wildman–Crippen MR) is 97.2 cm³/mol. The minimum absolute atomic E-state index is 0.147. The minimum atomic E-state index is -0.447. The highest BCUT2D eigenvalue weighted by atomic mass is 18.2. The molecule has 3 aromatic rings. The topological polar surface area (TPSA) is 34.2 Å². The maximum absolute atomic E-state index is 11.9. The molecule has 124 valence electrons. The fourth-order valence-electron chi connectivity index (χ4n) is 2.56. The van der Waals surface area contributed by atoms with Gasteiger partial charge in [0.25, 0.3) is 0 Å². The molecule has 0 spiro atoms. The SMILES string of the molecule is Cc1ccc(-c2ccc3nc(NCCOCC[18F])ccc3c2)cc1. The molecule has 0 amide bonds. The number of alkyl halides is 1. The number of fused-ring (bicyclic) bond motifs is 1. The van der Waals surface area contributed by atoms with E-state index >= 15 is 0 Å². The summed E-state index contributed by atoms with van der Waals surface area (Å²) in [7, 11) is 0. The molecule has 4 heteroatoms. The van der Waals surface area contributed by atoms with E-state index in [1.165, 1.54) is 16.7 Å². The smallest absolute Gasteiger partial charge is 0.126 e. The van der Waals surface area contributed by atoms with E-state index in [-0.39, 0.29) is 6.61 Å². The summed E-state index contributed by atoms with van der Waals surface area (Å²) in [5.74, 6) is 0.800. The minimum Gasteiger partial charge on any atom is -0.377 e. The van der Waals surface area contributed by atoms with Gasteiger partial charge in [0, 0.05) is 11.9 Å². The van der Waals surface area contributed by atoms with E-state index < -0.39 is 6.67 Å². The van der Waals surface area contributed by atoms with Gasteiger partial charge in [-0.05, 0) is 42.3 Å². The fourth-order valence-corrected chi connectivity index (χ4v) is 2.56. The molecule has 0 aliphatic carbocycles. The van der Waals surface area contributed by atoms with E-state index in [1.54, 1.807) is 0 Å². The molecule has 3 rings (SSSR count). The number of aromatic nitrogens is 1. The third-order valence-corrected chi connectivity index (χ3v) is 3.85. The van der Waals surface area contributed by atoms with Crippen molar-refractivity contribution >= 4 is 16.7 Å². The Balaban J connectivity index is 1.72. The second-order valence-corrected chi connectivity index (χ2v) is 5.70. The van der Waals surface area contributed by atoms with Gasteiger partial charge in [-0.1, -0.05) is 35.9 Å². The van der Waals surface area contributed by atoms with Crippen LogP contribution in [-0.4, -0.2) is 31.4 Å². The number of anilines is 1. The van der Waals surface area contributed by atoms with Crippen LogP contribution in [-0.2, 0) is 4.74 Å². The standard InChI is InChI=1S/C20H21FN2O/c1-15-2-4-16(5-3-15)17-6-8-19-18(14-17)7-9-20(23-19)22-11-13-24-12-10-21/h2-9,14H,10-13H2,1H3,(H,22,23)/i21-1. The van der Waals surface area contributed by atoms with E-state index in [0.29, 0.717) is 13.2 Å². The summed E-state index contributed by atoms with van der Waals surface area (Å²) in [6.45, 7) is 2.87. The van der Waals surface area contributed by atoms with Gasteiger partial charge in [-0.15, -0.1) is 0 Å². The van der Waals surface area contributed by atoms with Crippen molar-refractivity contribution in [3.8, 4) is 11.1 Å². The van der Waals surface area contributed by atoms with Gasteiger partial charge in [0.15, 0.2) is 0 Å². The van der Waals surface area contributed by atoms with Crippen LogP contribution in [0.25, 0.3) is 22.0 Å². The van der Waals surface area contributed by atoms with E-state index in [2.05, 4.69) is 59.7 Å². The van der Waals surface area contributed by atoms with E-state index in [9.17, 15) is 4.39 Å². The molecule has 0 atom stereocenters. The number of ether oxygens (including phenoxy) is 1. The van der Waals surface area contributed by atoms with Gasteiger partial charge in [0.05, 0.1) is 18.7 Å². The summed E-state index contributed by atoms with van der Waals surface area (Å²) in [5, 5.41) is 4.29. The Kier molecular flexibility index (Phi) is 5.39. The molecule has 24 heavy (non-hydrogen) atoms. The first kappa shape index (κ1) is 16.4. The summed E-state index contributed by atoms with van der Waals surface area (Å²) in [6.07, 6.45) is 0. The molecule has 2 aromatic carbocycles. The quantitative estimate of drug-likeness (QED) is 0.645. The molecule has 0 unspecified atom stereocenters. The first-order valence-corrected chi connectivity index (χ1v) is 8.12. The normalized spacial score (nSPS) is 10.9. The molecule has 0 bridgehead atoms. The van der Waals surface area contributed by atoms with Gasteiger partial charge in [-0.2, -0.15) is 0 Å². The Hall–Kier alpha value is -2.46. The average Bonchev–Trinajstić information content (AvgIpc) is 2.62. The Morgan fingerprint density at radius 1 is 0.958 bits per heavy atom. The van der Waals surface area contributed by atoms with Crippen LogP contribution in [0.5, 0.6) is 0 Å². The van der Waals surface area contributed by atoms with Gasteiger partial charge in [-0.3, -0.25) is 0 Å². The fraction of sp³-hybridized carbons (Fsp3) is 0.250. The largest absolute Gasteiger partial charge is 0.377 e. The zero-order valence-corrected chi connectivity index (χ0v) is 13.8. The van der Waals surface area contributed by atoms with Crippen molar-refractivity contribution in [2.75, 3.05) is 31.7 Å². The molecular formula is C20H21FN2O. The molecule has 3 nitrogen and oxygen atoms in total. The molecule has 0 aliphatic rings. The number of rotatable bonds is 7. The number of halogens is 1. The molecule has 0 aliphatic heterocycles. The number of benzene rings is 2. The number of pyridine rings is 1. The number of hydrogen-bond acceptors (Lipinski definition) is 3. The van der Waals surface area contributed by atoms with Crippen molar-refractivity contribution in [3.63, 3.8) is 0 Å². The van der Waals surface area contributed by atoms with Gasteiger partial charge in [0.1, 0.15) is 12.5 Å². The molecule has 1 N–H and O–H groups in total. The maximum Gasteiger partial charge on any atom is 0.126 e. The number of nitrogens with zero attached hydrogens (tertiary/aromatic N) is 1. The Morgan fingerprint density at radius 3 is 2.54 bits per heavy atom. The highest BCUT2D eigenvalue weighted by Crippen LogP contribution is 2.24. The van der Waals surface area contributed by atoms with Crippen LogP contribution in [0.15, 0.2) is 54.6 Å². The van der Waals surface area contributed by atoms with Crippen LogP contribution in [0, 0.1) is 6.92 Å². The van der Waals surface area contributed by atoms with Crippen molar-refractivity contribution in [1.82, 2.24) is 4.98 Å². The Labute approximate surface area is 141 Å². The maximum atomic E-state index is 11.9. The second-order valence-electron chi connectivity index (χ2n) is 5.70. The number of nitrogens with one attached hydrogen (secondary N) is 1. The third-order valence-electron chi connectivity index (χ3n) is 3.85. The third kappa shape index (κ3) is 4.09. The Bertz CT molecular complexity index is 802. The van der Waals surface area contributed by atoms with Crippen molar-refractivity contribution < 1.29 is 9.13 Å². The molecule has 1 heterocycles. The Morgan fingerprint density at radius 2 is 1.75 bits per heavy atom. The first-order valence-electron chi connectivity index (χ1n) is 8.12. The van der Waals surface area contributed by atoms with E-state index in [1.807, 2.05) is 12.1 Å². The highest BCUT2D eigenvalue weighted by molar-refractivity contribution is 5.85. The average molecular weight is 323 g/mol. The zero-order chi connectivity index (χ0) is 16.8. The molecular weight excluding hydrogens is 302 g/mol. The van der Waals surface area contributed by atoms with Crippen LogP contribution in [0.3, 0.4) is 0 Å². The summed E-state index contributed by atoms with van der Waals surface area (Å²) >= 11 is 0. The van der Waals surface area contributed by atoms with Crippen molar-refractivity contribution in [1.29, 1.82) is 0 Å². The van der Waals surface area contributed by atoms with Gasteiger partial charge in [-0.25, -0.2) is 9.37 Å². The first-order chi connectivity index (χ1) is 11.8. The van der Waals surface area contributed by atoms with Gasteiger partial charge >= 0.3 is 0 Å². The van der Waals surface area contributed by atoms with Crippen molar-refractivity contribution in [2.45, 2.75) is 6.92 Å². The molecule has 0 saturated carbocycles. The van der Waals surface area contributed by atoms with Crippen LogP contribution in [0.4, 0.5) is 10.2 Å². The van der Waals surface area contributed by atoms with Crippen molar-refractivity contribution in [2.24, 2.45) is 0 Å². The zero-order valence-electron chi connectivity index (χ0n) is 13.8. The van der Waals surface area contributed by atoms with E-state index in [4.69, 9.17) is 4.74 Å². The lowest BCUT2D eigenvalue weighted by molar-refractivity contribution is 0.128. The lowest BCUT2D eigenvalue weighted by Gasteiger charge is -2.08. The molecule has 0 fully saturated rings. The monoisotopic (exact) mass is 323 g/mol. The van der Waals surface area contributed by atoms with Crippen LogP contribution in [0.1, 0.15) is 5.56 Å². The second kappa shape index (κ2) is 7.88. The van der Waals surface area contributed by atoms with Gasteiger partial charge in [0.2, 0.25) is 0 Å². The molecule has 0 radical (unpaired) electrons. The number of hydrogen-bond donors (Lipinski definition) is 1. The number of aryl methyl sites for hydroxylation is 1. The summed E-state index contributed by atoms with van der Waals surface area (Å²) < 4.78 is 17.0. The van der Waals surface area contributed by atoms with Crippen LogP contribution >= 0.6 is 0 Å². The summed E-state index contributed by atoms with van der Waals surface area (Å²) in [5.41, 5.74) is 4.59. The highest BCUT2D eigenvalue weighted by Gasteiger charge is 2.02. The van der Waals surface area contributed by atoms with E-state index in [0.717, 1.165) is 16.7 Å². The summed E-state index contributed by atoms with van der Waals surface area (Å²) in [6, 6.07) is 18.8. The molecule has 1 aromatic heterocycles. The van der Waals surface area contributed by atoms with Crippen LogP contribution < -0.4 is 5.32 Å². The van der Waals surface area contributed by atoms with Gasteiger partial charge < -0.3 is 10.1 Å².